The number of hydrogen-bond donors (Lipinski definition) is 0. The highest BCUT2D eigenvalue weighted by molar-refractivity contribution is 5.77. The van der Waals surface area contributed by atoms with Crippen LogP contribution in [0.3, 0.4) is 0 Å². The molecule has 0 N–H and O–H groups in total. The van der Waals surface area contributed by atoms with Crippen molar-refractivity contribution in [2.24, 2.45) is 5.92 Å². The molecular weight excluding hydrogens is 355 g/mol. The molecule has 1 heterocycles. The highest BCUT2D eigenvalue weighted by atomic mass is 19.1. The molecule has 2 aliphatic carbocycles. The molecule has 4 nitrogen and oxygen atoms in total. The molecule has 2 aliphatic rings. The molecule has 2 fully saturated rings. The van der Waals surface area contributed by atoms with E-state index in [0.29, 0.717) is 42.1 Å². The molecule has 1 aromatic heterocycles. The van der Waals surface area contributed by atoms with Crippen molar-refractivity contribution in [2.75, 3.05) is 0 Å². The summed E-state index contributed by atoms with van der Waals surface area (Å²) in [4.78, 5) is 19.4. The first kappa shape index (κ1) is 19.2. The Morgan fingerprint density at radius 3 is 2.46 bits per heavy atom. The molecule has 150 valence electrons. The molecular formula is C23H29FN2O2. The smallest absolute Gasteiger partial charge is 0.223 e. The van der Waals surface area contributed by atoms with Crippen LogP contribution in [-0.4, -0.2) is 27.9 Å². The predicted octanol–water partition coefficient (Wildman–Crippen LogP) is 5.37. The van der Waals surface area contributed by atoms with E-state index in [1.807, 2.05) is 0 Å². The van der Waals surface area contributed by atoms with Gasteiger partial charge >= 0.3 is 0 Å². The predicted molar refractivity (Wildman–Crippen MR) is 106 cm³/mol. The number of aromatic nitrogens is 1. The fourth-order valence-electron chi connectivity index (χ4n) is 4.44. The van der Waals surface area contributed by atoms with Crippen LogP contribution >= 0.6 is 0 Å². The summed E-state index contributed by atoms with van der Waals surface area (Å²) in [6, 6.07) is 7.34. The zero-order valence-electron chi connectivity index (χ0n) is 16.6. The SMILES string of the molecule is CCC1CCC(N(C(=O)CCc2ncc(-c3ccccc3F)o2)C2CC2)CC1. The summed E-state index contributed by atoms with van der Waals surface area (Å²) in [6.07, 6.45) is 10.7. The van der Waals surface area contributed by atoms with Crippen LogP contribution in [0.15, 0.2) is 34.9 Å². The van der Waals surface area contributed by atoms with Gasteiger partial charge in [-0.25, -0.2) is 9.37 Å². The van der Waals surface area contributed by atoms with E-state index >= 15 is 0 Å². The quantitative estimate of drug-likeness (QED) is 0.644. The zero-order valence-corrected chi connectivity index (χ0v) is 16.6. The number of halogens is 1. The molecule has 1 amide bonds. The molecule has 28 heavy (non-hydrogen) atoms. The van der Waals surface area contributed by atoms with Gasteiger partial charge in [0.15, 0.2) is 11.7 Å². The second-order valence-electron chi connectivity index (χ2n) is 8.21. The Morgan fingerprint density at radius 2 is 1.82 bits per heavy atom. The van der Waals surface area contributed by atoms with Gasteiger partial charge in [-0.2, -0.15) is 0 Å². The van der Waals surface area contributed by atoms with Gasteiger partial charge in [-0.05, 0) is 56.6 Å². The van der Waals surface area contributed by atoms with E-state index in [9.17, 15) is 9.18 Å². The Hall–Kier alpha value is -2.17. The Morgan fingerprint density at radius 1 is 1.14 bits per heavy atom. The molecule has 0 atom stereocenters. The molecule has 4 rings (SSSR count). The minimum absolute atomic E-state index is 0.216. The highest BCUT2D eigenvalue weighted by Crippen LogP contribution is 2.36. The summed E-state index contributed by atoms with van der Waals surface area (Å²) < 4.78 is 19.6. The van der Waals surface area contributed by atoms with Gasteiger partial charge in [0.1, 0.15) is 5.82 Å². The molecule has 2 aromatic rings. The first-order valence-corrected chi connectivity index (χ1v) is 10.7. The maximum absolute atomic E-state index is 13.9. The monoisotopic (exact) mass is 384 g/mol. The summed E-state index contributed by atoms with van der Waals surface area (Å²) in [7, 11) is 0. The number of amides is 1. The largest absolute Gasteiger partial charge is 0.441 e. The normalized spacial score (nSPS) is 22.2. The van der Waals surface area contributed by atoms with Crippen LogP contribution in [0.5, 0.6) is 0 Å². The number of benzene rings is 1. The lowest BCUT2D eigenvalue weighted by atomic mass is 9.83. The average molecular weight is 384 g/mol. The van der Waals surface area contributed by atoms with E-state index in [4.69, 9.17) is 4.42 Å². The van der Waals surface area contributed by atoms with E-state index in [0.717, 1.165) is 31.6 Å². The first-order valence-electron chi connectivity index (χ1n) is 10.7. The van der Waals surface area contributed by atoms with Crippen LogP contribution in [-0.2, 0) is 11.2 Å². The zero-order chi connectivity index (χ0) is 19.5. The lowest BCUT2D eigenvalue weighted by Crippen LogP contribution is -2.44. The number of nitrogens with zero attached hydrogens (tertiary/aromatic N) is 2. The summed E-state index contributed by atoms with van der Waals surface area (Å²) >= 11 is 0. The Labute approximate surface area is 166 Å². The van der Waals surface area contributed by atoms with Crippen LogP contribution in [0.25, 0.3) is 11.3 Å². The van der Waals surface area contributed by atoms with Gasteiger partial charge in [0.25, 0.3) is 0 Å². The van der Waals surface area contributed by atoms with Crippen molar-refractivity contribution >= 4 is 5.91 Å². The maximum atomic E-state index is 13.9. The van der Waals surface area contributed by atoms with Crippen molar-refractivity contribution in [1.82, 2.24) is 9.88 Å². The number of rotatable bonds is 7. The van der Waals surface area contributed by atoms with E-state index in [1.54, 1.807) is 24.4 Å². The van der Waals surface area contributed by atoms with Gasteiger partial charge in [0, 0.05) is 24.9 Å². The van der Waals surface area contributed by atoms with Gasteiger partial charge in [0.05, 0.1) is 11.8 Å². The van der Waals surface area contributed by atoms with Gasteiger partial charge in [0.2, 0.25) is 5.91 Å². The van der Waals surface area contributed by atoms with Gasteiger partial charge < -0.3 is 9.32 Å². The van der Waals surface area contributed by atoms with Gasteiger partial charge in [-0.15, -0.1) is 0 Å². The highest BCUT2D eigenvalue weighted by Gasteiger charge is 2.38. The minimum Gasteiger partial charge on any atom is -0.441 e. The lowest BCUT2D eigenvalue weighted by molar-refractivity contribution is -0.135. The molecule has 2 saturated carbocycles. The van der Waals surface area contributed by atoms with Crippen LogP contribution < -0.4 is 0 Å². The molecule has 0 spiro atoms. The number of carbonyl (C=O) groups excluding carboxylic acids is 1. The fourth-order valence-corrected chi connectivity index (χ4v) is 4.44. The van der Waals surface area contributed by atoms with E-state index in [1.165, 1.54) is 25.3 Å². The van der Waals surface area contributed by atoms with E-state index < -0.39 is 0 Å². The van der Waals surface area contributed by atoms with Crippen LogP contribution in [0.4, 0.5) is 4.39 Å². The first-order chi connectivity index (χ1) is 13.7. The third-order valence-electron chi connectivity index (χ3n) is 6.26. The summed E-state index contributed by atoms with van der Waals surface area (Å²) in [5, 5.41) is 0. The Kier molecular flexibility index (Phi) is 5.79. The summed E-state index contributed by atoms with van der Waals surface area (Å²) in [6.45, 7) is 2.26. The Balaban J connectivity index is 1.36. The topological polar surface area (TPSA) is 46.3 Å². The number of hydrogen-bond acceptors (Lipinski definition) is 3. The van der Waals surface area contributed by atoms with Crippen LogP contribution in [0.1, 0.15) is 64.2 Å². The number of carbonyl (C=O) groups is 1. The third kappa shape index (κ3) is 4.29. The van der Waals surface area contributed by atoms with Gasteiger partial charge in [-0.1, -0.05) is 25.5 Å². The minimum atomic E-state index is -0.330. The van der Waals surface area contributed by atoms with Gasteiger partial charge in [-0.3, -0.25) is 4.79 Å². The summed E-state index contributed by atoms with van der Waals surface area (Å²) in [5.74, 6) is 1.63. The molecule has 0 saturated heterocycles. The van der Waals surface area contributed by atoms with Crippen molar-refractivity contribution in [3.8, 4) is 11.3 Å². The van der Waals surface area contributed by atoms with Crippen molar-refractivity contribution in [2.45, 2.75) is 76.8 Å². The van der Waals surface area contributed by atoms with E-state index in [2.05, 4.69) is 16.8 Å². The molecule has 5 heteroatoms. The van der Waals surface area contributed by atoms with Crippen molar-refractivity contribution in [3.63, 3.8) is 0 Å². The lowest BCUT2D eigenvalue weighted by Gasteiger charge is -2.37. The third-order valence-corrected chi connectivity index (χ3v) is 6.26. The molecule has 0 radical (unpaired) electrons. The van der Waals surface area contributed by atoms with Crippen molar-refractivity contribution in [1.29, 1.82) is 0 Å². The summed E-state index contributed by atoms with van der Waals surface area (Å²) in [5.41, 5.74) is 0.403. The average Bonchev–Trinajstić information content (AvgIpc) is 3.44. The number of aryl methyl sites for hydroxylation is 1. The molecule has 1 aromatic carbocycles. The Bertz CT molecular complexity index is 806. The second kappa shape index (κ2) is 8.46. The number of oxazole rings is 1. The van der Waals surface area contributed by atoms with E-state index in [-0.39, 0.29) is 11.7 Å². The molecule has 0 unspecified atom stereocenters. The van der Waals surface area contributed by atoms with Crippen molar-refractivity contribution < 1.29 is 13.6 Å². The van der Waals surface area contributed by atoms with Crippen LogP contribution in [0.2, 0.25) is 0 Å². The maximum Gasteiger partial charge on any atom is 0.223 e. The standard InChI is InChI=1S/C23H29FN2O2/c1-2-16-7-9-17(10-8-16)26(18-11-12-18)23(27)14-13-22-25-15-21(28-22)19-5-3-4-6-20(19)24/h3-6,15-18H,2,7-14H2,1H3. The molecule has 0 bridgehead atoms. The molecule has 0 aliphatic heterocycles. The van der Waals surface area contributed by atoms with Crippen molar-refractivity contribution in [3.05, 3.63) is 42.2 Å². The second-order valence-corrected chi connectivity index (χ2v) is 8.21. The fraction of sp³-hybridized carbons (Fsp3) is 0.565. The van der Waals surface area contributed by atoms with Crippen LogP contribution in [0, 0.1) is 11.7 Å².